The average molecular weight is 415 g/mol. The number of rotatable bonds is 5. The normalized spacial score (nSPS) is 10.7. The van der Waals surface area contributed by atoms with Crippen molar-refractivity contribution in [1.82, 2.24) is 14.3 Å². The molecule has 0 saturated carbocycles. The molecular formula is C24H22N4OS. The number of para-hydroxylation sites is 1. The lowest BCUT2D eigenvalue weighted by Gasteiger charge is -2.07. The lowest BCUT2D eigenvalue weighted by atomic mass is 10.1. The fraction of sp³-hybridized carbons (Fsp3) is 0.125. The molecule has 6 heteroatoms. The maximum atomic E-state index is 12.7. The Bertz CT molecular complexity index is 1240. The third-order valence-corrected chi connectivity index (χ3v) is 5.15. The van der Waals surface area contributed by atoms with Crippen LogP contribution in [0.2, 0.25) is 0 Å². The first-order valence-corrected chi connectivity index (χ1v) is 10.1. The summed E-state index contributed by atoms with van der Waals surface area (Å²) in [6.45, 7) is 4.06. The summed E-state index contributed by atoms with van der Waals surface area (Å²) < 4.78 is 3.94. The predicted octanol–water partition coefficient (Wildman–Crippen LogP) is 5.33. The summed E-state index contributed by atoms with van der Waals surface area (Å²) in [4.78, 5) is 12.7. The Balaban J connectivity index is 1.71. The number of amides is 1. The molecule has 0 radical (unpaired) electrons. The number of carbonyl (C=O) groups excluding carboxylic acids is 1. The van der Waals surface area contributed by atoms with Gasteiger partial charge in [0.15, 0.2) is 5.82 Å². The maximum absolute atomic E-state index is 12.7. The van der Waals surface area contributed by atoms with Crippen LogP contribution in [0.1, 0.15) is 11.1 Å². The molecule has 1 aromatic heterocycles. The molecule has 1 heterocycles. The molecule has 30 heavy (non-hydrogen) atoms. The van der Waals surface area contributed by atoms with Gasteiger partial charge in [0.25, 0.3) is 0 Å². The van der Waals surface area contributed by atoms with Crippen LogP contribution in [0, 0.1) is 18.6 Å². The van der Waals surface area contributed by atoms with Gasteiger partial charge in [-0.3, -0.25) is 9.36 Å². The van der Waals surface area contributed by atoms with E-state index in [1.807, 2.05) is 97.3 Å². The van der Waals surface area contributed by atoms with E-state index in [0.717, 1.165) is 22.5 Å². The van der Waals surface area contributed by atoms with Gasteiger partial charge in [0.2, 0.25) is 10.7 Å². The maximum Gasteiger partial charge on any atom is 0.246 e. The fourth-order valence-electron chi connectivity index (χ4n) is 3.27. The van der Waals surface area contributed by atoms with Crippen molar-refractivity contribution in [3.05, 3.63) is 94.8 Å². The first-order chi connectivity index (χ1) is 14.5. The minimum Gasteiger partial charge on any atom is -0.324 e. The van der Waals surface area contributed by atoms with E-state index in [4.69, 9.17) is 17.3 Å². The Morgan fingerprint density at radius 3 is 2.37 bits per heavy atom. The third-order valence-electron chi connectivity index (χ3n) is 4.76. The average Bonchev–Trinajstić information content (AvgIpc) is 3.05. The summed E-state index contributed by atoms with van der Waals surface area (Å²) in [5, 5.41) is 7.62. The Kier molecular flexibility index (Phi) is 5.59. The van der Waals surface area contributed by atoms with E-state index in [1.54, 1.807) is 4.68 Å². The van der Waals surface area contributed by atoms with Gasteiger partial charge in [-0.1, -0.05) is 60.2 Å². The summed E-state index contributed by atoms with van der Waals surface area (Å²) in [6, 6.07) is 25.6. The number of aryl methyl sites for hydroxylation is 2. The van der Waals surface area contributed by atoms with E-state index >= 15 is 0 Å². The lowest BCUT2D eigenvalue weighted by molar-refractivity contribution is -0.116. The molecule has 0 spiro atoms. The first-order valence-electron chi connectivity index (χ1n) is 9.70. The van der Waals surface area contributed by atoms with Gasteiger partial charge in [-0.15, -0.1) is 0 Å². The van der Waals surface area contributed by atoms with Gasteiger partial charge in [-0.05, 0) is 55.9 Å². The lowest BCUT2D eigenvalue weighted by Crippen LogP contribution is -2.19. The van der Waals surface area contributed by atoms with Crippen LogP contribution in [0.25, 0.3) is 17.1 Å². The van der Waals surface area contributed by atoms with E-state index < -0.39 is 0 Å². The van der Waals surface area contributed by atoms with Gasteiger partial charge >= 0.3 is 0 Å². The van der Waals surface area contributed by atoms with Gasteiger partial charge in [0, 0.05) is 16.9 Å². The minimum atomic E-state index is -0.176. The van der Waals surface area contributed by atoms with Crippen molar-refractivity contribution < 1.29 is 4.79 Å². The summed E-state index contributed by atoms with van der Waals surface area (Å²) in [5.41, 5.74) is 4.85. The van der Waals surface area contributed by atoms with E-state index in [2.05, 4.69) is 5.32 Å². The summed E-state index contributed by atoms with van der Waals surface area (Å²) in [6.07, 6.45) is 0. The highest BCUT2D eigenvalue weighted by Gasteiger charge is 2.16. The Morgan fingerprint density at radius 1 is 0.933 bits per heavy atom. The third kappa shape index (κ3) is 4.23. The number of carbonyl (C=O) groups is 1. The number of anilines is 1. The second-order valence-corrected chi connectivity index (χ2v) is 7.58. The SMILES string of the molecule is Cc1ccc(-c2nn(CC(=O)Nc3cccc(C)c3)c(=S)n2-c2ccccc2)cc1. The van der Waals surface area contributed by atoms with Gasteiger partial charge in [-0.2, -0.15) is 5.10 Å². The largest absolute Gasteiger partial charge is 0.324 e. The minimum absolute atomic E-state index is 0.0332. The molecule has 0 fully saturated rings. The van der Waals surface area contributed by atoms with Crippen LogP contribution in [0.3, 0.4) is 0 Å². The molecule has 0 aliphatic rings. The molecule has 150 valence electrons. The topological polar surface area (TPSA) is 51.9 Å². The molecule has 0 saturated heterocycles. The van der Waals surface area contributed by atoms with E-state index in [-0.39, 0.29) is 12.5 Å². The molecule has 0 atom stereocenters. The van der Waals surface area contributed by atoms with E-state index in [0.29, 0.717) is 10.6 Å². The quantitative estimate of drug-likeness (QED) is 0.449. The van der Waals surface area contributed by atoms with Crippen molar-refractivity contribution in [2.75, 3.05) is 5.32 Å². The van der Waals surface area contributed by atoms with Crippen LogP contribution in [0.4, 0.5) is 5.69 Å². The number of aromatic nitrogens is 3. The standard InChI is InChI=1S/C24H22N4OS/c1-17-11-13-19(14-12-17)23-26-27(24(30)28(23)21-9-4-3-5-10-21)16-22(29)25-20-8-6-7-18(2)15-20/h3-15H,16H2,1-2H3,(H,25,29). The van der Waals surface area contributed by atoms with Crippen molar-refractivity contribution >= 4 is 23.8 Å². The van der Waals surface area contributed by atoms with Crippen molar-refractivity contribution in [2.24, 2.45) is 0 Å². The molecule has 0 unspecified atom stereocenters. The van der Waals surface area contributed by atoms with Gasteiger partial charge < -0.3 is 5.32 Å². The van der Waals surface area contributed by atoms with Crippen LogP contribution in [0.5, 0.6) is 0 Å². The molecule has 0 aliphatic carbocycles. The molecule has 4 rings (SSSR count). The summed E-state index contributed by atoms with van der Waals surface area (Å²) >= 11 is 5.71. The van der Waals surface area contributed by atoms with Crippen molar-refractivity contribution in [3.8, 4) is 17.1 Å². The van der Waals surface area contributed by atoms with Crippen LogP contribution in [-0.2, 0) is 11.3 Å². The number of hydrogen-bond donors (Lipinski definition) is 1. The van der Waals surface area contributed by atoms with Crippen LogP contribution < -0.4 is 5.32 Å². The molecule has 5 nitrogen and oxygen atoms in total. The van der Waals surface area contributed by atoms with E-state index in [1.165, 1.54) is 5.56 Å². The zero-order valence-corrected chi connectivity index (χ0v) is 17.7. The first kappa shape index (κ1) is 19.8. The monoisotopic (exact) mass is 414 g/mol. The Hall–Kier alpha value is -3.51. The highest BCUT2D eigenvalue weighted by molar-refractivity contribution is 7.71. The second-order valence-electron chi connectivity index (χ2n) is 7.22. The fourth-order valence-corrected chi connectivity index (χ4v) is 3.57. The highest BCUT2D eigenvalue weighted by atomic mass is 32.1. The zero-order chi connectivity index (χ0) is 21.1. The molecular weight excluding hydrogens is 392 g/mol. The second kappa shape index (κ2) is 8.47. The number of benzene rings is 3. The van der Waals surface area contributed by atoms with Gasteiger partial charge in [0.1, 0.15) is 6.54 Å². The Labute approximate surface area is 180 Å². The molecule has 0 aliphatic heterocycles. The number of nitrogens with zero attached hydrogens (tertiary/aromatic N) is 3. The Morgan fingerprint density at radius 2 is 1.67 bits per heavy atom. The molecule has 3 aromatic carbocycles. The summed E-state index contributed by atoms with van der Waals surface area (Å²) in [5.74, 6) is 0.527. The van der Waals surface area contributed by atoms with Gasteiger partial charge in [0.05, 0.1) is 0 Å². The number of nitrogens with one attached hydrogen (secondary N) is 1. The predicted molar refractivity (Wildman–Crippen MR) is 122 cm³/mol. The molecule has 0 bridgehead atoms. The molecule has 1 N–H and O–H groups in total. The smallest absolute Gasteiger partial charge is 0.246 e. The van der Waals surface area contributed by atoms with Crippen molar-refractivity contribution in [3.63, 3.8) is 0 Å². The molecule has 4 aromatic rings. The van der Waals surface area contributed by atoms with Crippen molar-refractivity contribution in [2.45, 2.75) is 20.4 Å². The van der Waals surface area contributed by atoms with Gasteiger partial charge in [-0.25, -0.2) is 4.68 Å². The van der Waals surface area contributed by atoms with E-state index in [9.17, 15) is 4.79 Å². The van der Waals surface area contributed by atoms with Crippen LogP contribution in [-0.4, -0.2) is 20.3 Å². The van der Waals surface area contributed by atoms with Crippen LogP contribution in [0.15, 0.2) is 78.9 Å². The molecule has 1 amide bonds. The van der Waals surface area contributed by atoms with Crippen LogP contribution >= 0.6 is 12.2 Å². The highest BCUT2D eigenvalue weighted by Crippen LogP contribution is 2.23. The number of hydrogen-bond acceptors (Lipinski definition) is 3. The zero-order valence-electron chi connectivity index (χ0n) is 16.9. The van der Waals surface area contributed by atoms with Crippen molar-refractivity contribution in [1.29, 1.82) is 0 Å². The summed E-state index contributed by atoms with van der Waals surface area (Å²) in [7, 11) is 0.